The molecule has 1 amide bonds. The van der Waals surface area contributed by atoms with Crippen LogP contribution in [0.15, 0.2) is 29.2 Å². The van der Waals surface area contributed by atoms with Crippen LogP contribution in [0, 0.1) is 5.92 Å². The van der Waals surface area contributed by atoms with Crippen molar-refractivity contribution in [2.45, 2.75) is 17.7 Å². The summed E-state index contributed by atoms with van der Waals surface area (Å²) in [4.78, 5) is 13.2. The minimum atomic E-state index is 0.115. The van der Waals surface area contributed by atoms with E-state index in [1.165, 1.54) is 4.90 Å². The zero-order valence-electron chi connectivity index (χ0n) is 10.0. The van der Waals surface area contributed by atoms with Gasteiger partial charge in [0.1, 0.15) is 0 Å². The Hall–Kier alpha value is -1.00. The standard InChI is InChI=1S/C13H18N2OS/c1-17-12-6-4-11(5-7-12)15-13(16)10-3-2-8-14-9-10/h4-7,10,14H,2-3,8-9H2,1H3,(H,15,16). The second kappa shape index (κ2) is 6.07. The molecule has 1 heterocycles. The summed E-state index contributed by atoms with van der Waals surface area (Å²) >= 11 is 1.70. The van der Waals surface area contributed by atoms with Crippen molar-refractivity contribution >= 4 is 23.4 Å². The Morgan fingerprint density at radius 1 is 1.41 bits per heavy atom. The van der Waals surface area contributed by atoms with Crippen LogP contribution in [0.1, 0.15) is 12.8 Å². The second-order valence-corrected chi connectivity index (χ2v) is 5.14. The first-order valence-corrected chi connectivity index (χ1v) is 7.17. The summed E-state index contributed by atoms with van der Waals surface area (Å²) in [6.07, 6.45) is 4.12. The Morgan fingerprint density at radius 2 is 2.18 bits per heavy atom. The summed E-state index contributed by atoms with van der Waals surface area (Å²) in [7, 11) is 0. The first-order valence-electron chi connectivity index (χ1n) is 5.95. The lowest BCUT2D eigenvalue weighted by Gasteiger charge is -2.21. The molecular formula is C13H18N2OS. The first-order chi connectivity index (χ1) is 8.29. The number of nitrogens with one attached hydrogen (secondary N) is 2. The van der Waals surface area contributed by atoms with Crippen LogP contribution in [0.4, 0.5) is 5.69 Å². The molecule has 1 aromatic rings. The molecular weight excluding hydrogens is 232 g/mol. The summed E-state index contributed by atoms with van der Waals surface area (Å²) in [5.41, 5.74) is 0.887. The van der Waals surface area contributed by atoms with E-state index >= 15 is 0 Å². The summed E-state index contributed by atoms with van der Waals surface area (Å²) < 4.78 is 0. The molecule has 0 saturated carbocycles. The molecule has 2 N–H and O–H groups in total. The molecule has 92 valence electrons. The van der Waals surface area contributed by atoms with Crippen molar-refractivity contribution in [1.82, 2.24) is 5.32 Å². The predicted octanol–water partition coefficient (Wildman–Crippen LogP) is 2.35. The SMILES string of the molecule is CSc1ccc(NC(=O)C2CCCNC2)cc1. The fourth-order valence-electron chi connectivity index (χ4n) is 1.99. The fraction of sp³-hybridized carbons (Fsp3) is 0.462. The van der Waals surface area contributed by atoms with Crippen LogP contribution < -0.4 is 10.6 Å². The van der Waals surface area contributed by atoms with Crippen molar-refractivity contribution in [2.75, 3.05) is 24.7 Å². The van der Waals surface area contributed by atoms with Gasteiger partial charge in [-0.3, -0.25) is 4.79 Å². The van der Waals surface area contributed by atoms with Crippen molar-refractivity contribution in [1.29, 1.82) is 0 Å². The summed E-state index contributed by atoms with van der Waals surface area (Å²) in [6, 6.07) is 7.97. The lowest BCUT2D eigenvalue weighted by Crippen LogP contribution is -2.37. The molecule has 1 fully saturated rings. The van der Waals surface area contributed by atoms with E-state index < -0.39 is 0 Å². The van der Waals surface area contributed by atoms with E-state index in [4.69, 9.17) is 0 Å². The second-order valence-electron chi connectivity index (χ2n) is 4.26. The average Bonchev–Trinajstić information content (AvgIpc) is 2.40. The number of hydrogen-bond acceptors (Lipinski definition) is 3. The number of carbonyl (C=O) groups excluding carboxylic acids is 1. The Kier molecular flexibility index (Phi) is 4.45. The minimum absolute atomic E-state index is 0.115. The van der Waals surface area contributed by atoms with E-state index in [1.807, 2.05) is 30.5 Å². The maximum Gasteiger partial charge on any atom is 0.228 e. The van der Waals surface area contributed by atoms with Gasteiger partial charge in [-0.25, -0.2) is 0 Å². The Labute approximate surface area is 106 Å². The first kappa shape index (κ1) is 12.5. The monoisotopic (exact) mass is 250 g/mol. The largest absolute Gasteiger partial charge is 0.326 e. The van der Waals surface area contributed by atoms with Crippen LogP contribution in [0.3, 0.4) is 0 Å². The number of carbonyl (C=O) groups is 1. The molecule has 0 aromatic heterocycles. The molecule has 1 saturated heterocycles. The van der Waals surface area contributed by atoms with E-state index in [9.17, 15) is 4.79 Å². The predicted molar refractivity (Wildman–Crippen MR) is 72.4 cm³/mol. The average molecular weight is 250 g/mol. The number of benzene rings is 1. The number of hydrogen-bond donors (Lipinski definition) is 2. The fourth-order valence-corrected chi connectivity index (χ4v) is 2.40. The maximum atomic E-state index is 12.0. The highest BCUT2D eigenvalue weighted by Crippen LogP contribution is 2.19. The molecule has 17 heavy (non-hydrogen) atoms. The molecule has 0 bridgehead atoms. The van der Waals surface area contributed by atoms with Crippen molar-refractivity contribution in [3.8, 4) is 0 Å². The third-order valence-corrected chi connectivity index (χ3v) is 3.77. The molecule has 1 atom stereocenters. The van der Waals surface area contributed by atoms with Gasteiger partial charge in [0.2, 0.25) is 5.91 Å². The summed E-state index contributed by atoms with van der Waals surface area (Å²) in [5.74, 6) is 0.248. The molecule has 1 aliphatic heterocycles. The number of anilines is 1. The number of piperidine rings is 1. The van der Waals surface area contributed by atoms with E-state index in [0.29, 0.717) is 0 Å². The van der Waals surface area contributed by atoms with Crippen molar-refractivity contribution in [3.63, 3.8) is 0 Å². The van der Waals surface area contributed by atoms with Crippen LogP contribution >= 0.6 is 11.8 Å². The van der Waals surface area contributed by atoms with E-state index in [2.05, 4.69) is 10.6 Å². The lowest BCUT2D eigenvalue weighted by atomic mass is 9.99. The molecule has 1 aliphatic rings. The number of rotatable bonds is 3. The Bertz CT molecular complexity index is 372. The van der Waals surface area contributed by atoms with Gasteiger partial charge in [-0.05, 0) is 49.9 Å². The molecule has 1 aromatic carbocycles. The maximum absolute atomic E-state index is 12.0. The van der Waals surface area contributed by atoms with Crippen molar-refractivity contribution in [2.24, 2.45) is 5.92 Å². The van der Waals surface area contributed by atoms with Crippen LogP contribution in [0.2, 0.25) is 0 Å². The van der Waals surface area contributed by atoms with Crippen LogP contribution in [-0.2, 0) is 4.79 Å². The van der Waals surface area contributed by atoms with Gasteiger partial charge < -0.3 is 10.6 Å². The van der Waals surface area contributed by atoms with Crippen LogP contribution in [0.5, 0.6) is 0 Å². The molecule has 4 heteroatoms. The molecule has 3 nitrogen and oxygen atoms in total. The van der Waals surface area contributed by atoms with Gasteiger partial charge in [0, 0.05) is 17.1 Å². The summed E-state index contributed by atoms with van der Waals surface area (Å²) in [5, 5.41) is 6.23. The van der Waals surface area contributed by atoms with Crippen LogP contribution in [0.25, 0.3) is 0 Å². The highest BCUT2D eigenvalue weighted by molar-refractivity contribution is 7.98. The van der Waals surface area contributed by atoms with Gasteiger partial charge in [-0.2, -0.15) is 0 Å². The van der Waals surface area contributed by atoms with Crippen LogP contribution in [-0.4, -0.2) is 25.3 Å². The smallest absolute Gasteiger partial charge is 0.228 e. The van der Waals surface area contributed by atoms with E-state index in [1.54, 1.807) is 11.8 Å². The van der Waals surface area contributed by atoms with Gasteiger partial charge in [0.25, 0.3) is 0 Å². The molecule has 0 spiro atoms. The molecule has 1 unspecified atom stereocenters. The van der Waals surface area contributed by atoms with Gasteiger partial charge >= 0.3 is 0 Å². The van der Waals surface area contributed by atoms with Crippen molar-refractivity contribution in [3.05, 3.63) is 24.3 Å². The van der Waals surface area contributed by atoms with Crippen molar-refractivity contribution < 1.29 is 4.79 Å². The molecule has 0 radical (unpaired) electrons. The van der Waals surface area contributed by atoms with E-state index in [-0.39, 0.29) is 11.8 Å². The number of amides is 1. The molecule has 0 aliphatic carbocycles. The Balaban J connectivity index is 1.92. The zero-order valence-corrected chi connectivity index (χ0v) is 10.8. The highest BCUT2D eigenvalue weighted by atomic mass is 32.2. The van der Waals surface area contributed by atoms with Gasteiger partial charge in [0.05, 0.1) is 5.92 Å². The summed E-state index contributed by atoms with van der Waals surface area (Å²) in [6.45, 7) is 1.83. The Morgan fingerprint density at radius 3 is 2.76 bits per heavy atom. The third-order valence-electron chi connectivity index (χ3n) is 3.03. The minimum Gasteiger partial charge on any atom is -0.326 e. The lowest BCUT2D eigenvalue weighted by molar-refractivity contribution is -0.120. The van der Waals surface area contributed by atoms with E-state index in [0.717, 1.165) is 31.6 Å². The van der Waals surface area contributed by atoms with Gasteiger partial charge in [-0.15, -0.1) is 11.8 Å². The van der Waals surface area contributed by atoms with Gasteiger partial charge in [-0.1, -0.05) is 0 Å². The normalized spacial score (nSPS) is 19.9. The zero-order chi connectivity index (χ0) is 12.1. The highest BCUT2D eigenvalue weighted by Gasteiger charge is 2.20. The number of thioether (sulfide) groups is 1. The third kappa shape index (κ3) is 3.48. The van der Waals surface area contributed by atoms with Gasteiger partial charge in [0.15, 0.2) is 0 Å². The topological polar surface area (TPSA) is 41.1 Å². The quantitative estimate of drug-likeness (QED) is 0.809. The molecule has 2 rings (SSSR count).